The minimum absolute atomic E-state index is 0.0388. The molecule has 0 saturated heterocycles. The minimum atomic E-state index is 0.0388. The topological polar surface area (TPSA) is 35.6 Å². The van der Waals surface area contributed by atoms with Crippen LogP contribution in [0.3, 0.4) is 0 Å². The molecule has 4 aromatic heterocycles. The molecule has 0 amide bonds. The summed E-state index contributed by atoms with van der Waals surface area (Å²) in [6.45, 7) is 13.7. The minimum Gasteiger partial charge on any atom is -0.309 e. The molecule has 0 aliphatic carbocycles. The number of aromatic nitrogens is 4. The molecule has 6 aromatic carbocycles. The fraction of sp³-hybridized carbons (Fsp3) is 0.154. The smallest absolute Gasteiger partial charge is 0.0541 e. The van der Waals surface area contributed by atoms with Gasteiger partial charge in [-0.05, 0) is 129 Å². The molecule has 4 nitrogen and oxygen atoms in total. The maximum atomic E-state index is 4.40. The molecule has 0 bridgehead atoms. The highest BCUT2D eigenvalue weighted by Gasteiger charge is 2.21. The highest BCUT2D eigenvalue weighted by molar-refractivity contribution is 6.12. The third kappa shape index (κ3) is 5.59. The van der Waals surface area contributed by atoms with Gasteiger partial charge in [-0.1, -0.05) is 90.1 Å². The first kappa shape index (κ1) is 34.0. The van der Waals surface area contributed by atoms with E-state index < -0.39 is 0 Å². The Morgan fingerprint density at radius 3 is 1.14 bits per heavy atom. The quantitative estimate of drug-likeness (QED) is 0.181. The first-order valence-electron chi connectivity index (χ1n) is 19.5. The summed E-state index contributed by atoms with van der Waals surface area (Å²) in [5.41, 5.74) is 14.4. The highest BCUT2D eigenvalue weighted by Crippen LogP contribution is 2.40. The van der Waals surface area contributed by atoms with E-state index in [2.05, 4.69) is 182 Å². The monoisotopic (exact) mass is 724 g/mol. The zero-order valence-electron chi connectivity index (χ0n) is 32.8. The van der Waals surface area contributed by atoms with Crippen molar-refractivity contribution in [3.63, 3.8) is 0 Å². The standard InChI is InChI=1S/C52H44N4/c1-51(2,3)39-15-21-49-45(29-39)43-27-35(37-9-7-23-53-31-37)13-19-47(43)55(49)41-17-11-34-26-42(18-12-33(34)25-41)56-48-20-14-36(38-10-8-24-54-32-38)28-44(48)46-30-40(52(4,5)6)16-22-50(46)56/h7-32H,1-6H3. The van der Waals surface area contributed by atoms with Gasteiger partial charge in [0.15, 0.2) is 0 Å². The molecule has 4 heteroatoms. The zero-order chi connectivity index (χ0) is 38.3. The van der Waals surface area contributed by atoms with Crippen LogP contribution >= 0.6 is 0 Å². The van der Waals surface area contributed by atoms with Crippen LogP contribution in [0.15, 0.2) is 158 Å². The molecule has 0 N–H and O–H groups in total. The van der Waals surface area contributed by atoms with Crippen molar-refractivity contribution in [3.8, 4) is 33.6 Å². The van der Waals surface area contributed by atoms with E-state index in [0.29, 0.717) is 0 Å². The largest absolute Gasteiger partial charge is 0.309 e. The Labute approximate surface area is 327 Å². The summed E-state index contributed by atoms with van der Waals surface area (Å²) < 4.78 is 4.86. The van der Waals surface area contributed by atoms with E-state index in [-0.39, 0.29) is 10.8 Å². The molecule has 0 atom stereocenters. The predicted octanol–water partition coefficient (Wildman–Crippen LogP) is 13.8. The molecular weight excluding hydrogens is 681 g/mol. The maximum Gasteiger partial charge on any atom is 0.0541 e. The molecular formula is C52H44N4. The lowest BCUT2D eigenvalue weighted by molar-refractivity contribution is 0.591. The predicted molar refractivity (Wildman–Crippen MR) is 236 cm³/mol. The average molecular weight is 725 g/mol. The second kappa shape index (κ2) is 12.5. The summed E-state index contributed by atoms with van der Waals surface area (Å²) in [6, 6.07) is 49.7. The van der Waals surface area contributed by atoms with E-state index in [0.717, 1.165) is 22.5 Å². The summed E-state index contributed by atoms with van der Waals surface area (Å²) in [4.78, 5) is 8.80. The third-order valence-electron chi connectivity index (χ3n) is 11.6. The van der Waals surface area contributed by atoms with Gasteiger partial charge in [-0.3, -0.25) is 9.97 Å². The molecule has 4 heterocycles. The third-order valence-corrected chi connectivity index (χ3v) is 11.6. The Morgan fingerprint density at radius 2 is 0.768 bits per heavy atom. The number of nitrogens with zero attached hydrogens (tertiary/aromatic N) is 4. The van der Waals surface area contributed by atoms with Gasteiger partial charge < -0.3 is 9.13 Å². The Morgan fingerprint density at radius 1 is 0.375 bits per heavy atom. The van der Waals surface area contributed by atoms with Crippen molar-refractivity contribution in [2.75, 3.05) is 0 Å². The van der Waals surface area contributed by atoms with Gasteiger partial charge in [0.25, 0.3) is 0 Å². The molecule has 0 radical (unpaired) electrons. The van der Waals surface area contributed by atoms with Crippen molar-refractivity contribution in [1.82, 2.24) is 19.1 Å². The number of benzene rings is 6. The normalized spacial score (nSPS) is 12.5. The van der Waals surface area contributed by atoms with Crippen LogP contribution in [-0.4, -0.2) is 19.1 Å². The molecule has 272 valence electrons. The van der Waals surface area contributed by atoms with Gasteiger partial charge in [0, 0.05) is 68.8 Å². The molecule has 10 rings (SSSR count). The lowest BCUT2D eigenvalue weighted by Gasteiger charge is -2.19. The molecule has 0 saturated carbocycles. The molecule has 0 fully saturated rings. The zero-order valence-corrected chi connectivity index (χ0v) is 32.8. The second-order valence-corrected chi connectivity index (χ2v) is 17.3. The van der Waals surface area contributed by atoms with Gasteiger partial charge in [0.05, 0.1) is 22.1 Å². The number of rotatable bonds is 4. The van der Waals surface area contributed by atoms with Crippen molar-refractivity contribution in [1.29, 1.82) is 0 Å². The number of hydrogen-bond donors (Lipinski definition) is 0. The SMILES string of the molecule is CC(C)(C)c1ccc2c(c1)c1cc(-c3cccnc3)ccc1n2-c1ccc2cc(-n3c4ccc(-c5cccnc5)cc4c4cc(C(C)(C)C)ccc43)ccc2c1. The summed E-state index contributed by atoms with van der Waals surface area (Å²) in [6.07, 6.45) is 7.55. The van der Waals surface area contributed by atoms with Crippen LogP contribution < -0.4 is 0 Å². The van der Waals surface area contributed by atoms with Gasteiger partial charge in [0.1, 0.15) is 0 Å². The first-order valence-corrected chi connectivity index (χ1v) is 19.5. The number of fused-ring (bicyclic) bond motifs is 7. The lowest BCUT2D eigenvalue weighted by Crippen LogP contribution is -2.10. The first-order chi connectivity index (χ1) is 27.0. The number of hydrogen-bond acceptors (Lipinski definition) is 2. The Kier molecular flexibility index (Phi) is 7.59. The maximum absolute atomic E-state index is 4.40. The van der Waals surface area contributed by atoms with E-state index in [4.69, 9.17) is 0 Å². The molecule has 56 heavy (non-hydrogen) atoms. The van der Waals surface area contributed by atoms with Gasteiger partial charge in [0.2, 0.25) is 0 Å². The van der Waals surface area contributed by atoms with Crippen LogP contribution in [0, 0.1) is 0 Å². The summed E-state index contributed by atoms with van der Waals surface area (Å²) in [5, 5.41) is 7.43. The van der Waals surface area contributed by atoms with Crippen molar-refractivity contribution < 1.29 is 0 Å². The van der Waals surface area contributed by atoms with Crippen LogP contribution in [0.4, 0.5) is 0 Å². The van der Waals surface area contributed by atoms with Crippen LogP contribution in [0.5, 0.6) is 0 Å². The summed E-state index contributed by atoms with van der Waals surface area (Å²) in [5.74, 6) is 0. The number of pyridine rings is 2. The van der Waals surface area contributed by atoms with Crippen LogP contribution in [-0.2, 0) is 10.8 Å². The van der Waals surface area contributed by atoms with Gasteiger partial charge in [-0.15, -0.1) is 0 Å². The average Bonchev–Trinajstić information content (AvgIpc) is 3.72. The fourth-order valence-corrected chi connectivity index (χ4v) is 8.46. The van der Waals surface area contributed by atoms with Crippen LogP contribution in [0.2, 0.25) is 0 Å². The highest BCUT2D eigenvalue weighted by atomic mass is 15.0. The van der Waals surface area contributed by atoms with Crippen molar-refractivity contribution in [3.05, 3.63) is 169 Å². The van der Waals surface area contributed by atoms with Crippen LogP contribution in [0.25, 0.3) is 88.0 Å². The van der Waals surface area contributed by atoms with E-state index >= 15 is 0 Å². The molecule has 10 aromatic rings. The van der Waals surface area contributed by atoms with Gasteiger partial charge in [-0.2, -0.15) is 0 Å². The molecule has 0 spiro atoms. The fourth-order valence-electron chi connectivity index (χ4n) is 8.46. The Hall–Kier alpha value is -6.52. The van der Waals surface area contributed by atoms with E-state index in [9.17, 15) is 0 Å². The molecule has 0 unspecified atom stereocenters. The Bertz CT molecular complexity index is 2920. The lowest BCUT2D eigenvalue weighted by atomic mass is 9.86. The molecule has 0 aliphatic rings. The molecule has 0 aliphatic heterocycles. The van der Waals surface area contributed by atoms with E-state index in [1.54, 1.807) is 0 Å². The van der Waals surface area contributed by atoms with Crippen molar-refractivity contribution in [2.45, 2.75) is 52.4 Å². The van der Waals surface area contributed by atoms with Gasteiger partial charge in [-0.25, -0.2) is 0 Å². The van der Waals surface area contributed by atoms with Crippen LogP contribution in [0.1, 0.15) is 52.7 Å². The van der Waals surface area contributed by atoms with E-state index in [1.165, 1.54) is 76.6 Å². The summed E-state index contributed by atoms with van der Waals surface area (Å²) >= 11 is 0. The Balaban J connectivity index is 1.13. The van der Waals surface area contributed by atoms with Crippen molar-refractivity contribution >= 4 is 54.4 Å². The second-order valence-electron chi connectivity index (χ2n) is 17.3. The van der Waals surface area contributed by atoms with Crippen molar-refractivity contribution in [2.24, 2.45) is 0 Å². The van der Waals surface area contributed by atoms with E-state index in [1.807, 2.05) is 36.9 Å². The van der Waals surface area contributed by atoms with Gasteiger partial charge >= 0.3 is 0 Å². The summed E-state index contributed by atoms with van der Waals surface area (Å²) in [7, 11) is 0.